The number of para-hydroxylation sites is 1. The van der Waals surface area contributed by atoms with Crippen LogP contribution in [-0.4, -0.2) is 35.9 Å². The largest absolute Gasteiger partial charge is 0.507 e. The fourth-order valence-corrected chi connectivity index (χ4v) is 2.38. The summed E-state index contributed by atoms with van der Waals surface area (Å²) in [6.45, 7) is 4.49. The Balaban J connectivity index is 1.88. The number of nitrogens with zero attached hydrogens (tertiary/aromatic N) is 3. The van der Waals surface area contributed by atoms with E-state index >= 15 is 0 Å². The lowest BCUT2D eigenvalue weighted by Crippen LogP contribution is -2.24. The minimum Gasteiger partial charge on any atom is -0.507 e. The van der Waals surface area contributed by atoms with E-state index in [2.05, 4.69) is 28.9 Å². The lowest BCUT2D eigenvalue weighted by atomic mass is 10.2. The van der Waals surface area contributed by atoms with Gasteiger partial charge in [-0.15, -0.1) is 0 Å². The minimum atomic E-state index is -0.490. The Hall–Kier alpha value is -2.89. The maximum atomic E-state index is 10.8. The molecule has 0 bridgehead atoms. The van der Waals surface area contributed by atoms with Crippen LogP contribution in [0.1, 0.15) is 18.9 Å². The molecule has 2 aromatic carbocycles. The van der Waals surface area contributed by atoms with Gasteiger partial charge < -0.3 is 10.0 Å². The molecule has 0 saturated heterocycles. The summed E-state index contributed by atoms with van der Waals surface area (Å²) in [6, 6.07) is 14.1. The lowest BCUT2D eigenvalue weighted by Gasteiger charge is -2.22. The Labute approximate surface area is 141 Å². The highest BCUT2D eigenvalue weighted by Crippen LogP contribution is 2.21. The van der Waals surface area contributed by atoms with E-state index in [0.29, 0.717) is 12.1 Å². The second kappa shape index (κ2) is 8.67. The molecule has 0 aliphatic rings. The van der Waals surface area contributed by atoms with Gasteiger partial charge >= 0.3 is 0 Å². The van der Waals surface area contributed by atoms with Crippen LogP contribution in [0.15, 0.2) is 53.5 Å². The molecule has 24 heavy (non-hydrogen) atoms. The Bertz CT molecular complexity index is 702. The first kappa shape index (κ1) is 17.5. The van der Waals surface area contributed by atoms with Gasteiger partial charge in [-0.2, -0.15) is 0 Å². The van der Waals surface area contributed by atoms with Crippen LogP contribution in [0.4, 0.5) is 11.4 Å². The second-order valence-corrected chi connectivity index (χ2v) is 5.30. The number of aliphatic imine (C=N–C) groups is 1. The molecule has 0 aliphatic carbocycles. The zero-order chi connectivity index (χ0) is 17.4. The van der Waals surface area contributed by atoms with Crippen molar-refractivity contribution in [1.82, 2.24) is 0 Å². The van der Waals surface area contributed by atoms with Gasteiger partial charge in [0.15, 0.2) is 0 Å². The molecule has 0 saturated carbocycles. The fourth-order valence-electron chi connectivity index (χ4n) is 2.38. The van der Waals surface area contributed by atoms with Gasteiger partial charge in [-0.25, -0.2) is 0 Å². The van der Waals surface area contributed by atoms with Crippen LogP contribution in [0.2, 0.25) is 0 Å². The summed E-state index contributed by atoms with van der Waals surface area (Å²) in [5.41, 5.74) is 1.48. The predicted octanol–water partition coefficient (Wildman–Crippen LogP) is 3.64. The molecule has 0 fully saturated rings. The molecule has 0 spiro atoms. The standard InChI is InChI=1S/C18H21N3O3/c1-2-20(16-7-4-3-5-8-16)12-6-11-19-14-15-13-17(21(23)24)9-10-18(15)22/h3-5,7-10,13-14,22H,2,6,11-12H2,1H3. The summed E-state index contributed by atoms with van der Waals surface area (Å²) in [6.07, 6.45) is 2.34. The second-order valence-electron chi connectivity index (χ2n) is 5.30. The molecular formula is C18H21N3O3. The zero-order valence-corrected chi connectivity index (χ0v) is 13.6. The van der Waals surface area contributed by atoms with Gasteiger partial charge in [-0.05, 0) is 31.5 Å². The van der Waals surface area contributed by atoms with Gasteiger partial charge in [-0.1, -0.05) is 18.2 Å². The molecule has 1 N–H and O–H groups in total. The number of aromatic hydroxyl groups is 1. The van der Waals surface area contributed by atoms with E-state index in [1.54, 1.807) is 0 Å². The molecule has 6 heteroatoms. The topological polar surface area (TPSA) is 79.0 Å². The highest BCUT2D eigenvalue weighted by molar-refractivity contribution is 5.84. The van der Waals surface area contributed by atoms with Crippen molar-refractivity contribution in [1.29, 1.82) is 0 Å². The molecule has 6 nitrogen and oxygen atoms in total. The van der Waals surface area contributed by atoms with E-state index in [-0.39, 0.29) is 11.4 Å². The average molecular weight is 327 g/mol. The van der Waals surface area contributed by atoms with Crippen molar-refractivity contribution >= 4 is 17.6 Å². The van der Waals surface area contributed by atoms with E-state index in [1.807, 2.05) is 18.2 Å². The Kier molecular flexibility index (Phi) is 6.31. The van der Waals surface area contributed by atoms with Gasteiger partial charge in [0.25, 0.3) is 5.69 Å². The number of nitro benzene ring substituents is 1. The number of phenols is 1. The molecule has 0 amide bonds. The first-order chi connectivity index (χ1) is 11.6. The number of non-ortho nitro benzene ring substituents is 1. The van der Waals surface area contributed by atoms with Crippen LogP contribution in [0, 0.1) is 10.1 Å². The number of hydrogen-bond donors (Lipinski definition) is 1. The van der Waals surface area contributed by atoms with Crippen molar-refractivity contribution in [3.63, 3.8) is 0 Å². The monoisotopic (exact) mass is 327 g/mol. The van der Waals surface area contributed by atoms with E-state index in [9.17, 15) is 15.2 Å². The lowest BCUT2D eigenvalue weighted by molar-refractivity contribution is -0.384. The first-order valence-corrected chi connectivity index (χ1v) is 7.89. The summed E-state index contributed by atoms with van der Waals surface area (Å²) in [7, 11) is 0. The SMILES string of the molecule is CCN(CCCN=Cc1cc([N+](=O)[O-])ccc1O)c1ccccc1. The van der Waals surface area contributed by atoms with Crippen molar-refractivity contribution < 1.29 is 10.0 Å². The Morgan fingerprint density at radius 3 is 2.67 bits per heavy atom. The number of hydrogen-bond acceptors (Lipinski definition) is 5. The van der Waals surface area contributed by atoms with Crippen molar-refractivity contribution in [3.8, 4) is 5.75 Å². The number of rotatable bonds is 8. The quantitative estimate of drug-likeness (QED) is 0.347. The Morgan fingerprint density at radius 1 is 1.25 bits per heavy atom. The maximum Gasteiger partial charge on any atom is 0.270 e. The minimum absolute atomic E-state index is 0.0104. The van der Waals surface area contributed by atoms with Crippen molar-refractivity contribution in [2.45, 2.75) is 13.3 Å². The van der Waals surface area contributed by atoms with E-state index in [0.717, 1.165) is 19.5 Å². The van der Waals surface area contributed by atoms with Crippen molar-refractivity contribution in [2.24, 2.45) is 4.99 Å². The Morgan fingerprint density at radius 2 is 2.00 bits per heavy atom. The summed E-state index contributed by atoms with van der Waals surface area (Å²) in [5, 5.41) is 20.5. The van der Waals surface area contributed by atoms with Crippen molar-refractivity contribution in [2.75, 3.05) is 24.5 Å². The summed E-state index contributed by atoms with van der Waals surface area (Å²) in [4.78, 5) is 16.8. The van der Waals surface area contributed by atoms with Crippen LogP contribution < -0.4 is 4.90 Å². The molecule has 2 aromatic rings. The third kappa shape index (κ3) is 4.81. The predicted molar refractivity (Wildman–Crippen MR) is 96.2 cm³/mol. The van der Waals surface area contributed by atoms with Crippen molar-refractivity contribution in [3.05, 3.63) is 64.2 Å². The highest BCUT2D eigenvalue weighted by Gasteiger charge is 2.08. The molecule has 0 aromatic heterocycles. The number of nitro groups is 1. The van der Waals surface area contributed by atoms with Crippen LogP contribution in [-0.2, 0) is 0 Å². The van der Waals surface area contributed by atoms with Crippen LogP contribution in [0.5, 0.6) is 5.75 Å². The van der Waals surface area contributed by atoms with Crippen LogP contribution >= 0.6 is 0 Å². The smallest absolute Gasteiger partial charge is 0.270 e. The molecule has 126 valence electrons. The third-order valence-electron chi connectivity index (χ3n) is 3.67. The van der Waals surface area contributed by atoms with Crippen LogP contribution in [0.25, 0.3) is 0 Å². The van der Waals surface area contributed by atoms with E-state index < -0.39 is 4.92 Å². The van der Waals surface area contributed by atoms with Gasteiger partial charge in [-0.3, -0.25) is 15.1 Å². The number of phenolic OH excluding ortho intramolecular Hbond substituents is 1. The number of anilines is 1. The van der Waals surface area contributed by atoms with E-state index in [4.69, 9.17) is 0 Å². The van der Waals surface area contributed by atoms with Crippen LogP contribution in [0.3, 0.4) is 0 Å². The van der Waals surface area contributed by atoms with Gasteiger partial charge in [0.2, 0.25) is 0 Å². The molecule has 0 radical (unpaired) electrons. The third-order valence-corrected chi connectivity index (χ3v) is 3.67. The zero-order valence-electron chi connectivity index (χ0n) is 13.6. The normalized spacial score (nSPS) is 10.9. The maximum absolute atomic E-state index is 10.8. The molecular weight excluding hydrogens is 306 g/mol. The highest BCUT2D eigenvalue weighted by atomic mass is 16.6. The van der Waals surface area contributed by atoms with Gasteiger partial charge in [0.1, 0.15) is 5.75 Å². The summed E-state index contributed by atoms with van der Waals surface area (Å²) >= 11 is 0. The van der Waals surface area contributed by atoms with E-state index in [1.165, 1.54) is 30.1 Å². The number of benzene rings is 2. The molecule has 0 heterocycles. The fraction of sp³-hybridized carbons (Fsp3) is 0.278. The summed E-state index contributed by atoms with van der Waals surface area (Å²) in [5.74, 6) is -0.0104. The van der Waals surface area contributed by atoms with Gasteiger partial charge in [0.05, 0.1) is 4.92 Å². The summed E-state index contributed by atoms with van der Waals surface area (Å²) < 4.78 is 0. The first-order valence-electron chi connectivity index (χ1n) is 7.89. The average Bonchev–Trinajstić information content (AvgIpc) is 2.60. The molecule has 0 atom stereocenters. The van der Waals surface area contributed by atoms with Gasteiger partial charge in [0, 0.05) is 49.2 Å². The molecule has 0 unspecified atom stereocenters. The molecule has 2 rings (SSSR count). The molecule has 0 aliphatic heterocycles.